The van der Waals surface area contributed by atoms with Crippen LogP contribution in [-0.2, 0) is 16.0 Å². The third-order valence-electron chi connectivity index (χ3n) is 6.79. The predicted molar refractivity (Wildman–Crippen MR) is 118 cm³/mol. The van der Waals surface area contributed by atoms with Gasteiger partial charge in [-0.2, -0.15) is 0 Å². The highest BCUT2D eigenvalue weighted by Gasteiger charge is 2.59. The number of hydrogen-bond acceptors (Lipinski definition) is 6. The first kappa shape index (κ1) is 20.2. The summed E-state index contributed by atoms with van der Waals surface area (Å²) in [5.41, 5.74) is 1.53. The number of carbonyl (C=O) groups is 2. The number of allylic oxidation sites excluding steroid dienone is 2. The van der Waals surface area contributed by atoms with Crippen molar-refractivity contribution in [1.82, 2.24) is 0 Å². The van der Waals surface area contributed by atoms with Gasteiger partial charge >= 0.3 is 0 Å². The molecule has 5 rings (SSSR count). The van der Waals surface area contributed by atoms with E-state index < -0.39 is 4.92 Å². The highest BCUT2D eigenvalue weighted by Crippen LogP contribution is 2.53. The minimum Gasteiger partial charge on any atom is -0.497 e. The number of imide groups is 1. The van der Waals surface area contributed by atoms with Gasteiger partial charge in [0.25, 0.3) is 5.69 Å². The largest absolute Gasteiger partial charge is 0.497 e. The molecule has 8 heteroatoms. The van der Waals surface area contributed by atoms with Crippen LogP contribution in [0, 0.1) is 33.8 Å². The van der Waals surface area contributed by atoms with Crippen LogP contribution in [0.3, 0.4) is 0 Å². The van der Waals surface area contributed by atoms with E-state index in [9.17, 15) is 19.7 Å². The predicted octanol–water partition coefficient (Wildman–Crippen LogP) is 3.57. The van der Waals surface area contributed by atoms with Crippen LogP contribution < -0.4 is 15.0 Å². The first-order chi connectivity index (χ1) is 15.5. The molecular formula is C24H23N3O5. The third kappa shape index (κ3) is 3.23. The summed E-state index contributed by atoms with van der Waals surface area (Å²) in [7, 11) is 1.61. The van der Waals surface area contributed by atoms with Crippen LogP contribution in [-0.4, -0.2) is 30.4 Å². The number of nitrogens with one attached hydrogen (secondary N) is 1. The molecule has 4 unspecified atom stereocenters. The van der Waals surface area contributed by atoms with E-state index in [0.29, 0.717) is 18.7 Å². The molecule has 2 amide bonds. The van der Waals surface area contributed by atoms with E-state index in [1.54, 1.807) is 19.2 Å². The summed E-state index contributed by atoms with van der Waals surface area (Å²) in [5.74, 6) is -0.192. The SMILES string of the molecule is COc1ccc(CCNc2ccc(N3C(=O)C4C5C=CC(C5)C4C3=O)cc2[N+](=O)[O-])cc1. The number of nitro groups is 1. The van der Waals surface area contributed by atoms with Crippen molar-refractivity contribution in [1.29, 1.82) is 0 Å². The molecule has 1 saturated carbocycles. The second-order valence-corrected chi connectivity index (χ2v) is 8.50. The lowest BCUT2D eigenvalue weighted by atomic mass is 9.85. The van der Waals surface area contributed by atoms with Gasteiger partial charge in [0.05, 0.1) is 29.6 Å². The quantitative estimate of drug-likeness (QED) is 0.310. The number of amides is 2. The number of anilines is 2. The van der Waals surface area contributed by atoms with Crippen molar-refractivity contribution in [2.75, 3.05) is 23.9 Å². The standard InChI is InChI=1S/C24H23N3O5/c1-32-18-7-2-14(3-8-18)10-11-25-19-9-6-17(13-20(19)27(30)31)26-23(28)21-15-4-5-16(12-15)22(21)24(26)29/h2-9,13,15-16,21-22,25H,10-12H2,1H3. The summed E-state index contributed by atoms with van der Waals surface area (Å²) < 4.78 is 5.15. The Morgan fingerprint density at radius 1 is 1.06 bits per heavy atom. The van der Waals surface area contributed by atoms with E-state index in [1.807, 2.05) is 36.4 Å². The summed E-state index contributed by atoms with van der Waals surface area (Å²) >= 11 is 0. The van der Waals surface area contributed by atoms with Crippen molar-refractivity contribution >= 4 is 28.9 Å². The van der Waals surface area contributed by atoms with Crippen molar-refractivity contribution in [3.8, 4) is 5.75 Å². The zero-order valence-electron chi connectivity index (χ0n) is 17.6. The Labute approximate surface area is 185 Å². The molecule has 1 heterocycles. The zero-order chi connectivity index (χ0) is 22.4. The number of hydrogen-bond donors (Lipinski definition) is 1. The molecular weight excluding hydrogens is 410 g/mol. The lowest BCUT2D eigenvalue weighted by Crippen LogP contribution is -2.32. The number of benzene rings is 2. The molecule has 1 N–H and O–H groups in total. The Morgan fingerprint density at radius 2 is 1.72 bits per heavy atom. The summed E-state index contributed by atoms with van der Waals surface area (Å²) in [6.45, 7) is 0.493. The minimum absolute atomic E-state index is 0.0975. The Hall–Kier alpha value is -3.68. The Balaban J connectivity index is 1.33. The molecule has 0 aromatic heterocycles. The van der Waals surface area contributed by atoms with Gasteiger partial charge in [0.15, 0.2) is 0 Å². The highest BCUT2D eigenvalue weighted by molar-refractivity contribution is 6.23. The van der Waals surface area contributed by atoms with Gasteiger partial charge in [-0.05, 0) is 54.5 Å². The lowest BCUT2D eigenvalue weighted by molar-refractivity contribution is -0.383. The molecule has 1 aliphatic heterocycles. The van der Waals surface area contributed by atoms with Crippen LogP contribution >= 0.6 is 0 Å². The number of carbonyl (C=O) groups excluding carboxylic acids is 2. The molecule has 1 saturated heterocycles. The summed E-state index contributed by atoms with van der Waals surface area (Å²) in [6, 6.07) is 12.1. The van der Waals surface area contributed by atoms with Gasteiger partial charge in [-0.15, -0.1) is 0 Å². The van der Waals surface area contributed by atoms with E-state index in [0.717, 1.165) is 22.6 Å². The maximum atomic E-state index is 13.0. The van der Waals surface area contributed by atoms with E-state index in [4.69, 9.17) is 4.74 Å². The molecule has 2 fully saturated rings. The molecule has 0 radical (unpaired) electrons. The van der Waals surface area contributed by atoms with Crippen LogP contribution in [0.5, 0.6) is 5.75 Å². The third-order valence-corrected chi connectivity index (χ3v) is 6.79. The number of nitrogens with zero attached hydrogens (tertiary/aromatic N) is 2. The monoisotopic (exact) mass is 433 g/mol. The molecule has 8 nitrogen and oxygen atoms in total. The lowest BCUT2D eigenvalue weighted by Gasteiger charge is -2.18. The molecule has 164 valence electrons. The van der Waals surface area contributed by atoms with Crippen LogP contribution in [0.1, 0.15) is 12.0 Å². The number of nitro benzene ring substituents is 1. The molecule has 2 aliphatic carbocycles. The van der Waals surface area contributed by atoms with Gasteiger partial charge < -0.3 is 10.1 Å². The second kappa shape index (κ2) is 7.78. The van der Waals surface area contributed by atoms with Crippen molar-refractivity contribution in [3.05, 3.63) is 70.3 Å². The smallest absolute Gasteiger partial charge is 0.294 e. The second-order valence-electron chi connectivity index (χ2n) is 8.50. The van der Waals surface area contributed by atoms with Gasteiger partial charge in [0.2, 0.25) is 11.8 Å². The Bertz CT molecular complexity index is 1100. The maximum absolute atomic E-state index is 13.0. The van der Waals surface area contributed by atoms with Crippen molar-refractivity contribution in [2.45, 2.75) is 12.8 Å². The van der Waals surface area contributed by atoms with Gasteiger partial charge in [0, 0.05) is 12.6 Å². The average molecular weight is 433 g/mol. The first-order valence-electron chi connectivity index (χ1n) is 10.7. The topological polar surface area (TPSA) is 102 Å². The zero-order valence-corrected chi connectivity index (χ0v) is 17.6. The van der Waals surface area contributed by atoms with E-state index in [1.165, 1.54) is 6.07 Å². The Morgan fingerprint density at radius 3 is 2.31 bits per heavy atom. The van der Waals surface area contributed by atoms with E-state index in [2.05, 4.69) is 5.32 Å². The molecule has 2 aromatic rings. The summed E-state index contributed by atoms with van der Waals surface area (Å²) in [5, 5.41) is 14.8. The number of fused-ring (bicyclic) bond motifs is 5. The van der Waals surface area contributed by atoms with E-state index >= 15 is 0 Å². The van der Waals surface area contributed by atoms with Gasteiger partial charge in [-0.1, -0.05) is 24.3 Å². The fourth-order valence-corrected chi connectivity index (χ4v) is 5.25. The van der Waals surface area contributed by atoms with Crippen LogP contribution in [0.4, 0.5) is 17.1 Å². The first-order valence-corrected chi connectivity index (χ1v) is 10.7. The Kier molecular flexibility index (Phi) is 4.92. The van der Waals surface area contributed by atoms with Gasteiger partial charge in [-0.3, -0.25) is 19.7 Å². The van der Waals surface area contributed by atoms with Gasteiger partial charge in [0.1, 0.15) is 11.4 Å². The molecule has 3 aliphatic rings. The number of rotatable bonds is 7. The molecule has 4 atom stereocenters. The number of methoxy groups -OCH3 is 1. The van der Waals surface area contributed by atoms with E-state index in [-0.39, 0.29) is 46.9 Å². The van der Waals surface area contributed by atoms with Crippen LogP contribution in [0.25, 0.3) is 0 Å². The van der Waals surface area contributed by atoms with Crippen molar-refractivity contribution in [3.63, 3.8) is 0 Å². The van der Waals surface area contributed by atoms with Crippen LogP contribution in [0.15, 0.2) is 54.6 Å². The van der Waals surface area contributed by atoms with Crippen LogP contribution in [0.2, 0.25) is 0 Å². The number of ether oxygens (including phenoxy) is 1. The normalized spacial score (nSPS) is 25.3. The fraction of sp³-hybridized carbons (Fsp3) is 0.333. The molecule has 0 spiro atoms. The van der Waals surface area contributed by atoms with Gasteiger partial charge in [-0.25, -0.2) is 4.90 Å². The molecule has 2 bridgehead atoms. The average Bonchev–Trinajstić information content (AvgIpc) is 3.48. The molecule has 32 heavy (non-hydrogen) atoms. The summed E-state index contributed by atoms with van der Waals surface area (Å²) in [4.78, 5) is 38.4. The van der Waals surface area contributed by atoms with Crippen molar-refractivity contribution in [2.24, 2.45) is 23.7 Å². The minimum atomic E-state index is -0.490. The fourth-order valence-electron chi connectivity index (χ4n) is 5.25. The highest BCUT2D eigenvalue weighted by atomic mass is 16.6. The van der Waals surface area contributed by atoms with Crippen molar-refractivity contribution < 1.29 is 19.2 Å². The summed E-state index contributed by atoms with van der Waals surface area (Å²) in [6.07, 6.45) is 5.57. The maximum Gasteiger partial charge on any atom is 0.294 e. The molecule has 2 aromatic carbocycles.